The zero-order valence-corrected chi connectivity index (χ0v) is 13.4. The van der Waals surface area contributed by atoms with Gasteiger partial charge in [-0.05, 0) is 31.5 Å². The first-order chi connectivity index (χ1) is 11.9. The molecule has 0 saturated heterocycles. The summed E-state index contributed by atoms with van der Waals surface area (Å²) in [6.45, 7) is 1.96. The molecule has 1 aliphatic rings. The molecule has 130 valence electrons. The van der Waals surface area contributed by atoms with Gasteiger partial charge in [-0.3, -0.25) is 19.5 Å². The minimum atomic E-state index is -1.20. The Kier molecular flexibility index (Phi) is 4.22. The monoisotopic (exact) mass is 344 g/mol. The van der Waals surface area contributed by atoms with Crippen LogP contribution in [-0.4, -0.2) is 33.6 Å². The predicted molar refractivity (Wildman–Crippen MR) is 86.9 cm³/mol. The molecular weight excluding hydrogens is 328 g/mol. The van der Waals surface area contributed by atoms with Crippen LogP contribution in [0.2, 0.25) is 0 Å². The summed E-state index contributed by atoms with van der Waals surface area (Å²) in [4.78, 5) is 51.2. The molecule has 3 rings (SSSR count). The van der Waals surface area contributed by atoms with E-state index in [1.54, 1.807) is 4.57 Å². The van der Waals surface area contributed by atoms with Gasteiger partial charge in [-0.15, -0.1) is 0 Å². The number of aromatic nitrogens is 2. The van der Waals surface area contributed by atoms with Crippen molar-refractivity contribution in [1.82, 2.24) is 14.9 Å². The van der Waals surface area contributed by atoms with Gasteiger partial charge in [0.15, 0.2) is 6.10 Å². The number of fused-ring (bicyclic) bond motifs is 2. The number of imide groups is 1. The van der Waals surface area contributed by atoms with Gasteiger partial charge in [-0.1, -0.05) is 0 Å². The second kappa shape index (κ2) is 6.34. The smallest absolute Gasteiger partial charge is 0.338 e. The number of primary amides is 1. The summed E-state index contributed by atoms with van der Waals surface area (Å²) in [5, 5.41) is 2.25. The molecule has 0 aliphatic carbocycles. The molecule has 2 aromatic rings. The van der Waals surface area contributed by atoms with Gasteiger partial charge < -0.3 is 10.5 Å². The lowest BCUT2D eigenvalue weighted by Gasteiger charge is -2.12. The normalized spacial score (nSPS) is 14.0. The van der Waals surface area contributed by atoms with Crippen LogP contribution < -0.4 is 16.6 Å². The number of aryl methyl sites for hydroxylation is 1. The van der Waals surface area contributed by atoms with Gasteiger partial charge >= 0.3 is 12.0 Å². The number of carbonyl (C=O) groups is 3. The molecule has 0 bridgehead atoms. The van der Waals surface area contributed by atoms with Crippen molar-refractivity contribution in [1.29, 1.82) is 0 Å². The summed E-state index contributed by atoms with van der Waals surface area (Å²) < 4.78 is 6.64. The van der Waals surface area contributed by atoms with Crippen LogP contribution in [0.25, 0.3) is 10.9 Å². The highest BCUT2D eigenvalue weighted by atomic mass is 16.5. The van der Waals surface area contributed by atoms with Crippen molar-refractivity contribution < 1.29 is 19.1 Å². The first kappa shape index (κ1) is 16.6. The molecule has 25 heavy (non-hydrogen) atoms. The van der Waals surface area contributed by atoms with E-state index in [1.807, 2.05) is 5.32 Å². The van der Waals surface area contributed by atoms with Crippen molar-refractivity contribution >= 4 is 28.8 Å². The molecule has 1 aromatic heterocycles. The van der Waals surface area contributed by atoms with Crippen LogP contribution in [0.4, 0.5) is 4.79 Å². The predicted octanol–water partition coefficient (Wildman–Crippen LogP) is 0.0829. The summed E-state index contributed by atoms with van der Waals surface area (Å²) in [7, 11) is 0. The number of amides is 3. The Labute approximate surface area is 141 Å². The van der Waals surface area contributed by atoms with Gasteiger partial charge in [-0.2, -0.15) is 0 Å². The van der Waals surface area contributed by atoms with Gasteiger partial charge in [0.1, 0.15) is 5.82 Å². The summed E-state index contributed by atoms with van der Waals surface area (Å²) in [5.74, 6) is -0.899. The zero-order valence-electron chi connectivity index (χ0n) is 13.4. The summed E-state index contributed by atoms with van der Waals surface area (Å²) in [6.07, 6.45) is 0.374. The van der Waals surface area contributed by atoms with E-state index in [2.05, 4.69) is 4.98 Å². The molecule has 0 saturated carbocycles. The van der Waals surface area contributed by atoms with E-state index in [9.17, 15) is 19.2 Å². The van der Waals surface area contributed by atoms with Crippen molar-refractivity contribution in [2.45, 2.75) is 32.4 Å². The van der Waals surface area contributed by atoms with Gasteiger partial charge in [0.05, 0.1) is 16.5 Å². The van der Waals surface area contributed by atoms with Crippen LogP contribution in [0.5, 0.6) is 0 Å². The number of esters is 1. The van der Waals surface area contributed by atoms with Crippen molar-refractivity contribution in [3.8, 4) is 0 Å². The van der Waals surface area contributed by atoms with E-state index in [4.69, 9.17) is 10.5 Å². The molecule has 3 amide bonds. The Hall–Kier alpha value is -3.23. The topological polar surface area (TPSA) is 133 Å². The number of nitrogens with two attached hydrogens (primary N) is 1. The SMILES string of the molecule is C[C@H](OC(=O)c1ccc2c(=O)n3c(nc2c1)CCC3)C(=O)NC(N)=O. The van der Waals surface area contributed by atoms with E-state index in [1.165, 1.54) is 25.1 Å². The van der Waals surface area contributed by atoms with E-state index in [-0.39, 0.29) is 11.1 Å². The summed E-state index contributed by atoms with van der Waals surface area (Å²) in [5.41, 5.74) is 5.27. The fourth-order valence-corrected chi connectivity index (χ4v) is 2.72. The Morgan fingerprint density at radius 3 is 2.84 bits per heavy atom. The molecule has 1 aromatic carbocycles. The fraction of sp³-hybridized carbons (Fsp3) is 0.312. The number of nitrogens with one attached hydrogen (secondary N) is 1. The number of nitrogens with zero attached hydrogens (tertiary/aromatic N) is 2. The highest BCUT2D eigenvalue weighted by Crippen LogP contribution is 2.17. The summed E-state index contributed by atoms with van der Waals surface area (Å²) >= 11 is 0. The van der Waals surface area contributed by atoms with Crippen molar-refractivity contribution in [2.24, 2.45) is 5.73 Å². The largest absolute Gasteiger partial charge is 0.449 e. The lowest BCUT2D eigenvalue weighted by molar-refractivity contribution is -0.127. The number of rotatable bonds is 3. The lowest BCUT2D eigenvalue weighted by atomic mass is 10.1. The number of carbonyl (C=O) groups excluding carboxylic acids is 3. The van der Waals surface area contributed by atoms with Crippen LogP contribution in [0, 0.1) is 0 Å². The Bertz CT molecular complexity index is 949. The maximum atomic E-state index is 12.4. The summed E-state index contributed by atoms with van der Waals surface area (Å²) in [6, 6.07) is 3.38. The van der Waals surface area contributed by atoms with Gasteiger partial charge in [0, 0.05) is 13.0 Å². The molecule has 2 heterocycles. The number of ether oxygens (including phenoxy) is 1. The highest BCUT2D eigenvalue weighted by Gasteiger charge is 2.21. The second-order valence-electron chi connectivity index (χ2n) is 5.72. The van der Waals surface area contributed by atoms with Crippen LogP contribution >= 0.6 is 0 Å². The minimum Gasteiger partial charge on any atom is -0.449 e. The molecular formula is C16H16N4O5. The third kappa shape index (κ3) is 3.21. The van der Waals surface area contributed by atoms with Crippen LogP contribution in [0.1, 0.15) is 29.5 Å². The Morgan fingerprint density at radius 2 is 2.12 bits per heavy atom. The molecule has 9 nitrogen and oxygen atoms in total. The van der Waals surface area contributed by atoms with Crippen LogP contribution in [0.15, 0.2) is 23.0 Å². The maximum Gasteiger partial charge on any atom is 0.338 e. The highest BCUT2D eigenvalue weighted by molar-refractivity contribution is 5.99. The van der Waals surface area contributed by atoms with Gasteiger partial charge in [0.2, 0.25) is 0 Å². The molecule has 0 unspecified atom stereocenters. The van der Waals surface area contributed by atoms with Crippen molar-refractivity contribution in [3.05, 3.63) is 39.9 Å². The second-order valence-corrected chi connectivity index (χ2v) is 5.72. The number of hydrogen-bond donors (Lipinski definition) is 2. The molecule has 0 radical (unpaired) electrons. The number of hydrogen-bond acceptors (Lipinski definition) is 6. The first-order valence-electron chi connectivity index (χ1n) is 7.71. The molecule has 0 spiro atoms. The molecule has 1 aliphatic heterocycles. The van der Waals surface area contributed by atoms with E-state index >= 15 is 0 Å². The average molecular weight is 344 g/mol. The quantitative estimate of drug-likeness (QED) is 0.758. The van der Waals surface area contributed by atoms with E-state index in [0.29, 0.717) is 29.7 Å². The average Bonchev–Trinajstić information content (AvgIpc) is 3.02. The van der Waals surface area contributed by atoms with Crippen molar-refractivity contribution in [3.63, 3.8) is 0 Å². The van der Waals surface area contributed by atoms with E-state index in [0.717, 1.165) is 6.42 Å². The Balaban J connectivity index is 1.85. The Morgan fingerprint density at radius 1 is 1.36 bits per heavy atom. The molecule has 9 heteroatoms. The van der Waals surface area contributed by atoms with E-state index < -0.39 is 24.0 Å². The van der Waals surface area contributed by atoms with Crippen molar-refractivity contribution in [2.75, 3.05) is 0 Å². The number of benzene rings is 1. The molecule has 1 atom stereocenters. The zero-order chi connectivity index (χ0) is 18.1. The standard InChI is InChI=1S/C16H16N4O5/c1-8(13(21)19-16(17)24)25-15(23)9-4-5-10-11(7-9)18-12-3-2-6-20(12)14(10)22/h4-5,7-8H,2-3,6H2,1H3,(H3,17,19,21,24)/t8-/m0/s1. The first-order valence-corrected chi connectivity index (χ1v) is 7.71. The van der Waals surface area contributed by atoms with Gasteiger partial charge in [-0.25, -0.2) is 14.6 Å². The van der Waals surface area contributed by atoms with Crippen LogP contribution in [0.3, 0.4) is 0 Å². The van der Waals surface area contributed by atoms with Gasteiger partial charge in [0.25, 0.3) is 11.5 Å². The number of urea groups is 1. The fourth-order valence-electron chi connectivity index (χ4n) is 2.72. The maximum absolute atomic E-state index is 12.4. The third-order valence-corrected chi connectivity index (χ3v) is 3.95. The lowest BCUT2D eigenvalue weighted by Crippen LogP contribution is -2.42. The molecule has 3 N–H and O–H groups in total. The van der Waals surface area contributed by atoms with Crippen LogP contribution in [-0.2, 0) is 22.5 Å². The minimum absolute atomic E-state index is 0.133. The third-order valence-electron chi connectivity index (χ3n) is 3.95. The molecule has 0 fully saturated rings.